The molecule has 0 N–H and O–H groups in total. The van der Waals surface area contributed by atoms with Crippen LogP contribution < -0.4 is 4.74 Å². The van der Waals surface area contributed by atoms with E-state index < -0.39 is 6.10 Å². The minimum atomic E-state index is -0.551. The van der Waals surface area contributed by atoms with Crippen LogP contribution in [0.15, 0.2) is 48.7 Å². The van der Waals surface area contributed by atoms with Crippen molar-refractivity contribution >= 4 is 28.4 Å². The molecule has 1 aliphatic heterocycles. The number of benzene rings is 2. The van der Waals surface area contributed by atoms with Gasteiger partial charge in [-0.15, -0.1) is 0 Å². The average Bonchev–Trinajstić information content (AvgIpc) is 3.21. The summed E-state index contributed by atoms with van der Waals surface area (Å²) in [5, 5.41) is 1.22. The highest BCUT2D eigenvalue weighted by Gasteiger charge is 2.24. The van der Waals surface area contributed by atoms with Gasteiger partial charge in [-0.3, -0.25) is 9.78 Å². The average molecular weight is 399 g/mol. The van der Waals surface area contributed by atoms with Gasteiger partial charge in [0.25, 0.3) is 5.91 Å². The largest absolute Gasteiger partial charge is 0.481 e. The number of carbonyl (C=O) groups is 1. The summed E-state index contributed by atoms with van der Waals surface area (Å²) in [5.41, 5.74) is 2.32. The third kappa shape index (κ3) is 3.67. The highest BCUT2D eigenvalue weighted by Crippen LogP contribution is 2.34. The fourth-order valence-corrected chi connectivity index (χ4v) is 3.86. The minimum Gasteiger partial charge on any atom is -0.481 e. The number of nitrogens with zero attached hydrogens (tertiary/aromatic N) is 2. The number of hydrogen-bond donors (Lipinski definition) is 0. The van der Waals surface area contributed by atoms with Crippen LogP contribution >= 0.6 is 11.6 Å². The maximum atomic E-state index is 13.4. The van der Waals surface area contributed by atoms with Gasteiger partial charge in [0.05, 0.1) is 10.5 Å². The number of halogens is 2. The summed E-state index contributed by atoms with van der Waals surface area (Å²) < 4.78 is 19.3. The SMILES string of the molecule is CC(Oc1ccc2c(-c3ccc(F)cc3Cl)ccnc2c1)C(=O)N1CCCC1. The number of carbonyl (C=O) groups excluding carboxylic acids is 1. The molecule has 2 aromatic carbocycles. The quantitative estimate of drug-likeness (QED) is 0.615. The van der Waals surface area contributed by atoms with E-state index in [1.807, 2.05) is 29.2 Å². The Morgan fingerprint density at radius 1 is 1.14 bits per heavy atom. The Bertz CT molecular complexity index is 1030. The van der Waals surface area contributed by atoms with E-state index in [1.54, 1.807) is 19.2 Å². The van der Waals surface area contributed by atoms with Gasteiger partial charge in [0.15, 0.2) is 6.10 Å². The standard InChI is InChI=1S/C22H20ClFN2O2/c1-14(22(27)26-10-2-3-11-26)28-16-5-7-19-17(8-9-25-21(19)13-16)18-6-4-15(24)12-20(18)23/h4-9,12-14H,2-3,10-11H2,1H3. The molecule has 0 bridgehead atoms. The predicted octanol–water partition coefficient (Wildman–Crippen LogP) is 5.08. The molecule has 0 spiro atoms. The first-order valence-corrected chi connectivity index (χ1v) is 9.70. The first kappa shape index (κ1) is 18.7. The van der Waals surface area contributed by atoms with Gasteiger partial charge in [-0.2, -0.15) is 0 Å². The predicted molar refractivity (Wildman–Crippen MR) is 108 cm³/mol. The number of pyridine rings is 1. The molecule has 0 saturated carbocycles. The smallest absolute Gasteiger partial charge is 0.263 e. The van der Waals surface area contributed by atoms with E-state index in [4.69, 9.17) is 16.3 Å². The zero-order valence-corrected chi connectivity index (χ0v) is 16.2. The van der Waals surface area contributed by atoms with Crippen molar-refractivity contribution in [3.8, 4) is 16.9 Å². The van der Waals surface area contributed by atoms with Crippen molar-refractivity contribution in [3.63, 3.8) is 0 Å². The van der Waals surface area contributed by atoms with Crippen LogP contribution in [0.1, 0.15) is 19.8 Å². The third-order valence-electron chi connectivity index (χ3n) is 5.01. The van der Waals surface area contributed by atoms with Crippen LogP contribution in [-0.4, -0.2) is 35.0 Å². The molecule has 6 heteroatoms. The van der Waals surface area contributed by atoms with E-state index in [9.17, 15) is 9.18 Å². The Labute approximate surface area is 167 Å². The van der Waals surface area contributed by atoms with E-state index in [-0.39, 0.29) is 11.7 Å². The molecule has 3 aromatic rings. The van der Waals surface area contributed by atoms with Crippen LogP contribution in [0.5, 0.6) is 5.75 Å². The molecule has 1 amide bonds. The summed E-state index contributed by atoms with van der Waals surface area (Å²) in [6.45, 7) is 3.37. The molecule has 4 nitrogen and oxygen atoms in total. The van der Waals surface area contributed by atoms with Crippen LogP contribution in [-0.2, 0) is 4.79 Å². The number of fused-ring (bicyclic) bond motifs is 1. The first-order chi connectivity index (χ1) is 13.5. The van der Waals surface area contributed by atoms with Gasteiger partial charge in [-0.05, 0) is 61.7 Å². The van der Waals surface area contributed by atoms with Crippen LogP contribution in [0.4, 0.5) is 4.39 Å². The molecular weight excluding hydrogens is 379 g/mol. The number of hydrogen-bond acceptors (Lipinski definition) is 3. The van der Waals surface area contributed by atoms with Crippen molar-refractivity contribution in [3.05, 3.63) is 59.5 Å². The van der Waals surface area contributed by atoms with E-state index in [2.05, 4.69) is 4.98 Å². The van der Waals surface area contributed by atoms with Crippen LogP contribution in [0.3, 0.4) is 0 Å². The zero-order valence-electron chi connectivity index (χ0n) is 15.5. The molecule has 1 aliphatic rings. The lowest BCUT2D eigenvalue weighted by Crippen LogP contribution is -2.38. The Balaban J connectivity index is 1.62. The topological polar surface area (TPSA) is 42.4 Å². The van der Waals surface area contributed by atoms with E-state index in [1.165, 1.54) is 12.1 Å². The van der Waals surface area contributed by atoms with Gasteiger partial charge in [-0.25, -0.2) is 4.39 Å². The fraction of sp³-hybridized carbons (Fsp3) is 0.273. The summed E-state index contributed by atoms with van der Waals surface area (Å²) in [6, 6.07) is 11.7. The number of ether oxygens (including phenoxy) is 1. The van der Waals surface area contributed by atoms with Crippen molar-refractivity contribution in [1.29, 1.82) is 0 Å². The Morgan fingerprint density at radius 3 is 2.68 bits per heavy atom. The van der Waals surface area contributed by atoms with Crippen LogP contribution in [0, 0.1) is 5.82 Å². The third-order valence-corrected chi connectivity index (χ3v) is 5.33. The van der Waals surface area contributed by atoms with Crippen molar-refractivity contribution in [2.24, 2.45) is 0 Å². The van der Waals surface area contributed by atoms with E-state index >= 15 is 0 Å². The number of likely N-dealkylation sites (tertiary alicyclic amines) is 1. The minimum absolute atomic E-state index is 0.0115. The maximum Gasteiger partial charge on any atom is 0.263 e. The molecule has 2 heterocycles. The summed E-state index contributed by atoms with van der Waals surface area (Å²) in [6.07, 6.45) is 3.23. The van der Waals surface area contributed by atoms with Crippen LogP contribution in [0.25, 0.3) is 22.0 Å². The second-order valence-corrected chi connectivity index (χ2v) is 7.36. The lowest BCUT2D eigenvalue weighted by atomic mass is 10.0. The highest BCUT2D eigenvalue weighted by molar-refractivity contribution is 6.33. The fourth-order valence-electron chi connectivity index (χ4n) is 3.59. The highest BCUT2D eigenvalue weighted by atomic mass is 35.5. The molecule has 1 unspecified atom stereocenters. The molecule has 0 radical (unpaired) electrons. The van der Waals surface area contributed by atoms with Gasteiger partial charge in [0.1, 0.15) is 11.6 Å². The second-order valence-electron chi connectivity index (χ2n) is 6.95. The molecule has 0 aliphatic carbocycles. The molecule has 1 fully saturated rings. The summed E-state index contributed by atoms with van der Waals surface area (Å²) >= 11 is 6.23. The monoisotopic (exact) mass is 398 g/mol. The molecule has 1 atom stereocenters. The number of rotatable bonds is 4. The Kier molecular flexibility index (Phi) is 5.18. The van der Waals surface area contributed by atoms with Gasteiger partial charge >= 0.3 is 0 Å². The van der Waals surface area contributed by atoms with Crippen molar-refractivity contribution < 1.29 is 13.9 Å². The Hall–Kier alpha value is -2.66. The van der Waals surface area contributed by atoms with Crippen molar-refractivity contribution in [1.82, 2.24) is 9.88 Å². The van der Waals surface area contributed by atoms with Gasteiger partial charge in [-0.1, -0.05) is 11.6 Å². The van der Waals surface area contributed by atoms with Gasteiger partial charge in [0, 0.05) is 36.3 Å². The molecule has 1 aromatic heterocycles. The van der Waals surface area contributed by atoms with E-state index in [0.29, 0.717) is 10.8 Å². The lowest BCUT2D eigenvalue weighted by Gasteiger charge is -2.21. The lowest BCUT2D eigenvalue weighted by molar-refractivity contribution is -0.136. The molecule has 28 heavy (non-hydrogen) atoms. The molecular formula is C22H20ClFN2O2. The van der Waals surface area contributed by atoms with Crippen molar-refractivity contribution in [2.45, 2.75) is 25.9 Å². The maximum absolute atomic E-state index is 13.4. The normalized spacial score (nSPS) is 15.0. The summed E-state index contributed by atoms with van der Waals surface area (Å²) in [7, 11) is 0. The number of amides is 1. The molecule has 1 saturated heterocycles. The number of aromatic nitrogens is 1. The second kappa shape index (κ2) is 7.76. The molecule has 144 valence electrons. The van der Waals surface area contributed by atoms with Crippen LogP contribution in [0.2, 0.25) is 5.02 Å². The zero-order chi connectivity index (χ0) is 19.7. The molecule has 4 rings (SSSR count). The van der Waals surface area contributed by atoms with Gasteiger partial charge < -0.3 is 9.64 Å². The summed E-state index contributed by atoms with van der Waals surface area (Å²) in [5.74, 6) is 0.222. The summed E-state index contributed by atoms with van der Waals surface area (Å²) in [4.78, 5) is 18.7. The first-order valence-electron chi connectivity index (χ1n) is 9.32. The Morgan fingerprint density at radius 2 is 1.93 bits per heavy atom. The van der Waals surface area contributed by atoms with Crippen molar-refractivity contribution in [2.75, 3.05) is 13.1 Å². The van der Waals surface area contributed by atoms with Gasteiger partial charge in [0.2, 0.25) is 0 Å². The van der Waals surface area contributed by atoms with E-state index in [0.717, 1.165) is 48.0 Å².